The van der Waals surface area contributed by atoms with E-state index in [0.29, 0.717) is 52.9 Å². The molecule has 0 aliphatic carbocycles. The lowest BCUT2D eigenvalue weighted by molar-refractivity contribution is -0.00490. The quantitative estimate of drug-likeness (QED) is 0.113. The van der Waals surface area contributed by atoms with E-state index in [1.54, 1.807) is 0 Å². The number of fused-ring (bicyclic) bond motifs is 2. The highest BCUT2D eigenvalue weighted by atomic mass is 16.6. The third-order valence-electron chi connectivity index (χ3n) is 9.85. The first-order valence-corrected chi connectivity index (χ1v) is 18.5. The van der Waals surface area contributed by atoms with Crippen molar-refractivity contribution in [1.29, 1.82) is 0 Å². The first-order valence-electron chi connectivity index (χ1n) is 18.5. The lowest BCUT2D eigenvalue weighted by atomic mass is 9.77. The Balaban J connectivity index is 1.28. The van der Waals surface area contributed by atoms with Crippen LogP contribution in [0.4, 0.5) is 17.1 Å². The van der Waals surface area contributed by atoms with Gasteiger partial charge in [-0.1, -0.05) is 43.3 Å². The number of benzene rings is 3. The molecule has 0 amide bonds. The Hall–Kier alpha value is -3.18. The molecular formula is C41H59N3O6. The fourth-order valence-electron chi connectivity index (χ4n) is 7.37. The molecule has 0 saturated heterocycles. The van der Waals surface area contributed by atoms with E-state index in [0.717, 1.165) is 63.0 Å². The minimum Gasteiger partial charge on any atom is -0.394 e. The summed E-state index contributed by atoms with van der Waals surface area (Å²) in [7, 11) is 6.02. The monoisotopic (exact) mass is 689 g/mol. The van der Waals surface area contributed by atoms with Crippen molar-refractivity contribution < 1.29 is 28.8 Å². The Kier molecular flexibility index (Phi) is 14.8. The zero-order valence-electron chi connectivity index (χ0n) is 30.8. The van der Waals surface area contributed by atoms with Crippen LogP contribution in [0.1, 0.15) is 54.0 Å². The van der Waals surface area contributed by atoms with E-state index in [1.807, 2.05) is 7.11 Å². The van der Waals surface area contributed by atoms with E-state index < -0.39 is 5.60 Å². The number of nitrogens with zero attached hydrogens (tertiary/aromatic N) is 3. The summed E-state index contributed by atoms with van der Waals surface area (Å²) < 4.78 is 29.0. The van der Waals surface area contributed by atoms with Gasteiger partial charge in [-0.2, -0.15) is 0 Å². The molecule has 1 unspecified atom stereocenters. The predicted molar refractivity (Wildman–Crippen MR) is 202 cm³/mol. The lowest BCUT2D eigenvalue weighted by Gasteiger charge is -2.38. The largest absolute Gasteiger partial charge is 0.394 e. The van der Waals surface area contributed by atoms with Gasteiger partial charge in [0.1, 0.15) is 5.60 Å². The average molecular weight is 690 g/mol. The Labute approximate surface area is 300 Å². The second kappa shape index (κ2) is 19.4. The zero-order chi connectivity index (χ0) is 35.2. The molecular weight excluding hydrogens is 630 g/mol. The van der Waals surface area contributed by atoms with Gasteiger partial charge >= 0.3 is 0 Å². The molecule has 0 bridgehead atoms. The highest BCUT2D eigenvalue weighted by Crippen LogP contribution is 2.44. The first-order chi connectivity index (χ1) is 24.5. The Morgan fingerprint density at radius 2 is 1.12 bits per heavy atom. The number of aliphatic hydroxyl groups is 1. The molecule has 1 N–H and O–H groups in total. The van der Waals surface area contributed by atoms with Crippen molar-refractivity contribution in [2.24, 2.45) is 0 Å². The molecule has 0 radical (unpaired) electrons. The summed E-state index contributed by atoms with van der Waals surface area (Å²) in [5, 5.41) is 8.72. The topological polar surface area (TPSA) is 76.1 Å². The van der Waals surface area contributed by atoms with Crippen LogP contribution in [-0.2, 0) is 42.1 Å². The van der Waals surface area contributed by atoms with Gasteiger partial charge in [0, 0.05) is 64.4 Å². The van der Waals surface area contributed by atoms with Gasteiger partial charge in [-0.15, -0.1) is 0 Å². The smallest absolute Gasteiger partial charge is 0.143 e. The van der Waals surface area contributed by atoms with Gasteiger partial charge in [0.15, 0.2) is 0 Å². The number of aliphatic hydroxyl groups excluding tert-OH is 1. The fourth-order valence-corrected chi connectivity index (χ4v) is 7.37. The van der Waals surface area contributed by atoms with Crippen LogP contribution in [0.2, 0.25) is 0 Å². The number of hydrogen-bond donors (Lipinski definition) is 1. The minimum absolute atomic E-state index is 0.0326. The molecule has 0 spiro atoms. The van der Waals surface area contributed by atoms with Gasteiger partial charge < -0.3 is 43.5 Å². The van der Waals surface area contributed by atoms with Crippen LogP contribution in [0, 0.1) is 0 Å². The Morgan fingerprint density at radius 3 is 1.60 bits per heavy atom. The summed E-state index contributed by atoms with van der Waals surface area (Å²) in [5.41, 5.74) is 9.32. The summed E-state index contributed by atoms with van der Waals surface area (Å²) in [5.74, 6) is 0. The van der Waals surface area contributed by atoms with Gasteiger partial charge in [-0.05, 0) is 84.2 Å². The van der Waals surface area contributed by atoms with Crippen molar-refractivity contribution in [3.8, 4) is 0 Å². The molecule has 2 aliphatic rings. The highest BCUT2D eigenvalue weighted by Gasteiger charge is 2.38. The van der Waals surface area contributed by atoms with Crippen LogP contribution in [0.5, 0.6) is 0 Å². The summed E-state index contributed by atoms with van der Waals surface area (Å²) in [4.78, 5) is 7.14. The molecule has 0 fully saturated rings. The normalized spacial score (nSPS) is 15.5. The fraction of sp³-hybridized carbons (Fsp3) is 0.561. The predicted octanol–water partition coefficient (Wildman–Crippen LogP) is 5.66. The van der Waals surface area contributed by atoms with E-state index in [2.05, 4.69) is 96.4 Å². The van der Waals surface area contributed by atoms with E-state index in [9.17, 15) is 0 Å². The van der Waals surface area contributed by atoms with Crippen molar-refractivity contribution in [2.75, 3.05) is 122 Å². The number of aryl methyl sites for hydroxylation is 2. The van der Waals surface area contributed by atoms with Crippen LogP contribution in [0.3, 0.4) is 0 Å². The second-order valence-electron chi connectivity index (χ2n) is 13.4. The van der Waals surface area contributed by atoms with E-state index >= 15 is 0 Å². The molecule has 2 heterocycles. The van der Waals surface area contributed by atoms with Crippen LogP contribution in [0.25, 0.3) is 0 Å². The lowest BCUT2D eigenvalue weighted by Crippen LogP contribution is -2.35. The average Bonchev–Trinajstić information content (AvgIpc) is 3.14. The summed E-state index contributed by atoms with van der Waals surface area (Å²) in [6.07, 6.45) is 5.56. The molecule has 0 aromatic heterocycles. The van der Waals surface area contributed by atoms with E-state index in [4.69, 9.17) is 28.8 Å². The molecule has 3 aromatic carbocycles. The van der Waals surface area contributed by atoms with Crippen LogP contribution >= 0.6 is 0 Å². The third-order valence-corrected chi connectivity index (χ3v) is 9.85. The molecule has 3 aromatic rings. The number of methoxy groups -OCH3 is 1. The summed E-state index contributed by atoms with van der Waals surface area (Å²) in [6, 6.07) is 22.9. The van der Waals surface area contributed by atoms with Gasteiger partial charge in [0.25, 0.3) is 0 Å². The molecule has 9 nitrogen and oxygen atoms in total. The van der Waals surface area contributed by atoms with Crippen LogP contribution in [0.15, 0.2) is 60.7 Å². The van der Waals surface area contributed by atoms with Crippen molar-refractivity contribution >= 4 is 17.1 Å². The minimum atomic E-state index is -0.744. The van der Waals surface area contributed by atoms with Crippen molar-refractivity contribution in [1.82, 2.24) is 0 Å². The standard InChI is InChI=1S/C41H59N3O6/c1-5-18-43-19-6-8-33-31-36(12-16-39(33)43)41(46-4,35-10-14-38(15-11-35)42(2)3)37-13-17-40-34(32-37)9-7-20-44(40)21-23-47-25-27-49-29-30-50-28-26-48-24-22-45/h10-17,31-32,45H,5-9,18-30H2,1-4H3. The van der Waals surface area contributed by atoms with Crippen molar-refractivity contribution in [2.45, 2.75) is 44.6 Å². The van der Waals surface area contributed by atoms with E-state index in [1.165, 1.54) is 40.2 Å². The molecule has 1 atom stereocenters. The number of rotatable bonds is 21. The number of hydrogen-bond acceptors (Lipinski definition) is 9. The second-order valence-corrected chi connectivity index (χ2v) is 13.4. The molecule has 9 heteroatoms. The summed E-state index contributed by atoms with van der Waals surface area (Å²) in [6.45, 7) is 10.5. The van der Waals surface area contributed by atoms with Crippen LogP contribution < -0.4 is 14.7 Å². The molecule has 2 aliphatic heterocycles. The molecule has 0 saturated carbocycles. The Morgan fingerprint density at radius 1 is 0.640 bits per heavy atom. The van der Waals surface area contributed by atoms with Gasteiger partial charge in [-0.25, -0.2) is 0 Å². The third kappa shape index (κ3) is 9.37. The van der Waals surface area contributed by atoms with Gasteiger partial charge in [-0.3, -0.25) is 0 Å². The molecule has 5 rings (SSSR count). The number of ether oxygens (including phenoxy) is 5. The van der Waals surface area contributed by atoms with E-state index in [-0.39, 0.29) is 6.61 Å². The van der Waals surface area contributed by atoms with Gasteiger partial charge in [0.05, 0.1) is 59.5 Å². The zero-order valence-corrected chi connectivity index (χ0v) is 30.8. The van der Waals surface area contributed by atoms with Crippen molar-refractivity contribution in [3.63, 3.8) is 0 Å². The SMILES string of the molecule is CCCN1CCCc2cc(C(OC)(c3ccc(N(C)C)cc3)c3ccc4c(c3)CCCN4CCOCCOCCOCCOCCO)ccc21. The van der Waals surface area contributed by atoms with Gasteiger partial charge in [0.2, 0.25) is 0 Å². The maximum absolute atomic E-state index is 8.72. The number of anilines is 3. The maximum Gasteiger partial charge on any atom is 0.143 e. The Bertz CT molecular complexity index is 1450. The molecule has 50 heavy (non-hydrogen) atoms. The first kappa shape index (κ1) is 38.1. The summed E-state index contributed by atoms with van der Waals surface area (Å²) >= 11 is 0. The maximum atomic E-state index is 8.72. The van der Waals surface area contributed by atoms with Crippen LogP contribution in [-0.4, -0.2) is 112 Å². The molecule has 274 valence electrons. The van der Waals surface area contributed by atoms with Crippen molar-refractivity contribution in [3.05, 3.63) is 88.5 Å². The highest BCUT2D eigenvalue weighted by molar-refractivity contribution is 5.63.